The molecule has 2 saturated heterocycles. The van der Waals surface area contributed by atoms with Crippen LogP contribution < -0.4 is 5.32 Å². The van der Waals surface area contributed by atoms with Crippen LogP contribution in [0, 0.1) is 11.6 Å². The molecule has 0 aliphatic carbocycles. The molecule has 5 heteroatoms. The highest BCUT2D eigenvalue weighted by molar-refractivity contribution is 5.23. The Balaban J connectivity index is 1.63. The van der Waals surface area contributed by atoms with E-state index in [0.717, 1.165) is 19.4 Å². The van der Waals surface area contributed by atoms with E-state index >= 15 is 0 Å². The zero-order chi connectivity index (χ0) is 15.7. The second kappa shape index (κ2) is 6.60. The average Bonchev–Trinajstić information content (AvgIpc) is 2.94. The Morgan fingerprint density at radius 1 is 1.23 bits per heavy atom. The van der Waals surface area contributed by atoms with Crippen molar-refractivity contribution in [3.63, 3.8) is 0 Å². The molecular weight excluding hydrogens is 286 g/mol. The van der Waals surface area contributed by atoms with Crippen LogP contribution in [0.2, 0.25) is 0 Å². The number of nitrogens with zero attached hydrogens (tertiary/aromatic N) is 1. The average molecular weight is 310 g/mol. The molecular formula is C17H24F2N2O. The molecule has 4 atom stereocenters. The number of hydrogen-bond donors (Lipinski definition) is 2. The standard InChI is InChI=1S/C17H24F2N2O/c1-11(17(22)16-14(18)5-2-6-15(16)19)20-12-7-9-21-8-3-4-13(21)10-12/h2,5-6,11-13,17,20,22H,3-4,7-10H2,1H3/t11-,12+,13-,17-/m0/s1. The summed E-state index contributed by atoms with van der Waals surface area (Å²) in [5.41, 5.74) is -0.235. The maximum absolute atomic E-state index is 13.8. The van der Waals surface area contributed by atoms with Crippen LogP contribution in [0.15, 0.2) is 18.2 Å². The molecule has 0 unspecified atom stereocenters. The number of hydrogen-bond acceptors (Lipinski definition) is 3. The van der Waals surface area contributed by atoms with Crippen LogP contribution in [0.3, 0.4) is 0 Å². The fourth-order valence-electron chi connectivity index (χ4n) is 3.88. The van der Waals surface area contributed by atoms with E-state index in [1.807, 2.05) is 0 Å². The summed E-state index contributed by atoms with van der Waals surface area (Å²) in [6.45, 7) is 4.05. The summed E-state index contributed by atoms with van der Waals surface area (Å²) in [7, 11) is 0. The van der Waals surface area contributed by atoms with Crippen molar-refractivity contribution < 1.29 is 13.9 Å². The molecule has 3 rings (SSSR count). The van der Waals surface area contributed by atoms with Gasteiger partial charge in [0.15, 0.2) is 0 Å². The number of aliphatic hydroxyl groups is 1. The van der Waals surface area contributed by atoms with E-state index in [2.05, 4.69) is 10.2 Å². The van der Waals surface area contributed by atoms with Gasteiger partial charge in [-0.2, -0.15) is 0 Å². The molecule has 2 aliphatic rings. The van der Waals surface area contributed by atoms with E-state index in [1.54, 1.807) is 6.92 Å². The molecule has 3 nitrogen and oxygen atoms in total. The van der Waals surface area contributed by atoms with Crippen molar-refractivity contribution in [3.05, 3.63) is 35.4 Å². The van der Waals surface area contributed by atoms with E-state index in [9.17, 15) is 13.9 Å². The van der Waals surface area contributed by atoms with Crippen molar-refractivity contribution in [1.29, 1.82) is 0 Å². The highest BCUT2D eigenvalue weighted by Crippen LogP contribution is 2.29. The molecule has 0 saturated carbocycles. The predicted octanol–water partition coefficient (Wildman–Crippen LogP) is 2.60. The topological polar surface area (TPSA) is 35.5 Å². The molecule has 1 aromatic carbocycles. The normalized spacial score (nSPS) is 28.4. The number of aliphatic hydroxyl groups excluding tert-OH is 1. The van der Waals surface area contributed by atoms with Gasteiger partial charge >= 0.3 is 0 Å². The molecule has 2 aliphatic heterocycles. The van der Waals surface area contributed by atoms with E-state index in [1.165, 1.54) is 37.6 Å². The second-order valence-electron chi connectivity index (χ2n) is 6.59. The monoisotopic (exact) mass is 310 g/mol. The van der Waals surface area contributed by atoms with Crippen molar-refractivity contribution in [1.82, 2.24) is 10.2 Å². The van der Waals surface area contributed by atoms with Crippen LogP contribution >= 0.6 is 0 Å². The van der Waals surface area contributed by atoms with Gasteiger partial charge in [0.1, 0.15) is 11.6 Å². The highest BCUT2D eigenvalue weighted by Gasteiger charge is 2.33. The maximum atomic E-state index is 13.8. The van der Waals surface area contributed by atoms with Crippen molar-refractivity contribution in [3.8, 4) is 0 Å². The fourth-order valence-corrected chi connectivity index (χ4v) is 3.88. The van der Waals surface area contributed by atoms with Gasteiger partial charge in [-0.05, 0) is 57.8 Å². The predicted molar refractivity (Wildman–Crippen MR) is 81.5 cm³/mol. The Labute approximate surface area is 130 Å². The van der Waals surface area contributed by atoms with Gasteiger partial charge in [-0.25, -0.2) is 8.78 Å². The van der Waals surface area contributed by atoms with E-state index in [4.69, 9.17) is 0 Å². The molecule has 0 aromatic heterocycles. The molecule has 0 amide bonds. The summed E-state index contributed by atoms with van der Waals surface area (Å²) >= 11 is 0. The van der Waals surface area contributed by atoms with Gasteiger partial charge in [-0.15, -0.1) is 0 Å². The van der Waals surface area contributed by atoms with Crippen LogP contribution in [0.1, 0.15) is 44.3 Å². The summed E-state index contributed by atoms with van der Waals surface area (Å²) in [5.74, 6) is -1.38. The smallest absolute Gasteiger partial charge is 0.132 e. The second-order valence-corrected chi connectivity index (χ2v) is 6.59. The Kier molecular flexibility index (Phi) is 4.76. The minimum absolute atomic E-state index is 0.235. The minimum atomic E-state index is -1.18. The molecule has 0 radical (unpaired) electrons. The lowest BCUT2D eigenvalue weighted by atomic mass is 9.95. The quantitative estimate of drug-likeness (QED) is 0.897. The molecule has 2 heterocycles. The number of nitrogens with one attached hydrogen (secondary N) is 1. The van der Waals surface area contributed by atoms with Crippen LogP contribution in [-0.4, -0.2) is 41.2 Å². The molecule has 0 spiro atoms. The zero-order valence-electron chi connectivity index (χ0n) is 12.9. The first-order chi connectivity index (χ1) is 10.6. The van der Waals surface area contributed by atoms with Gasteiger partial charge in [0.05, 0.1) is 11.7 Å². The van der Waals surface area contributed by atoms with Gasteiger partial charge in [0.25, 0.3) is 0 Å². The van der Waals surface area contributed by atoms with E-state index in [0.29, 0.717) is 12.1 Å². The van der Waals surface area contributed by atoms with Gasteiger partial charge in [-0.3, -0.25) is 0 Å². The van der Waals surface area contributed by atoms with Gasteiger partial charge in [0, 0.05) is 18.1 Å². The fraction of sp³-hybridized carbons (Fsp3) is 0.647. The van der Waals surface area contributed by atoms with Crippen molar-refractivity contribution >= 4 is 0 Å². The van der Waals surface area contributed by atoms with Crippen LogP contribution in [-0.2, 0) is 0 Å². The van der Waals surface area contributed by atoms with Gasteiger partial charge in [-0.1, -0.05) is 6.07 Å². The Bertz CT molecular complexity index is 505. The van der Waals surface area contributed by atoms with Crippen molar-refractivity contribution in [2.45, 2.75) is 56.8 Å². The number of fused-ring (bicyclic) bond motifs is 1. The molecule has 1 aromatic rings. The third-order valence-corrected chi connectivity index (χ3v) is 5.09. The molecule has 2 fully saturated rings. The van der Waals surface area contributed by atoms with Crippen LogP contribution in [0.25, 0.3) is 0 Å². The number of halogens is 2. The third kappa shape index (κ3) is 3.16. The first-order valence-electron chi connectivity index (χ1n) is 8.18. The van der Waals surface area contributed by atoms with Gasteiger partial charge < -0.3 is 15.3 Å². The summed E-state index contributed by atoms with van der Waals surface area (Å²) in [5, 5.41) is 13.7. The number of rotatable bonds is 4. The highest BCUT2D eigenvalue weighted by atomic mass is 19.1. The molecule has 0 bridgehead atoms. The summed E-state index contributed by atoms with van der Waals surface area (Å²) in [4.78, 5) is 2.52. The Hall–Kier alpha value is -1.04. The number of benzene rings is 1. The number of piperidine rings is 1. The maximum Gasteiger partial charge on any atom is 0.132 e. The largest absolute Gasteiger partial charge is 0.387 e. The Morgan fingerprint density at radius 3 is 2.68 bits per heavy atom. The summed E-state index contributed by atoms with van der Waals surface area (Å²) in [6.07, 6.45) is 3.39. The van der Waals surface area contributed by atoms with Crippen molar-refractivity contribution in [2.24, 2.45) is 0 Å². The summed E-state index contributed by atoms with van der Waals surface area (Å²) in [6, 6.07) is 4.23. The Morgan fingerprint density at radius 2 is 1.95 bits per heavy atom. The molecule has 22 heavy (non-hydrogen) atoms. The lowest BCUT2D eigenvalue weighted by Gasteiger charge is -2.37. The first-order valence-corrected chi connectivity index (χ1v) is 8.18. The first kappa shape index (κ1) is 15.8. The SMILES string of the molecule is C[C@H](N[C@@H]1CCN2CCC[C@H]2C1)[C@H](O)c1c(F)cccc1F. The lowest BCUT2D eigenvalue weighted by molar-refractivity contribution is 0.102. The zero-order valence-corrected chi connectivity index (χ0v) is 12.9. The van der Waals surface area contributed by atoms with E-state index in [-0.39, 0.29) is 11.6 Å². The van der Waals surface area contributed by atoms with E-state index < -0.39 is 17.7 Å². The molecule has 2 N–H and O–H groups in total. The van der Waals surface area contributed by atoms with Gasteiger partial charge in [0.2, 0.25) is 0 Å². The lowest BCUT2D eigenvalue weighted by Crippen LogP contribution is -2.49. The minimum Gasteiger partial charge on any atom is -0.387 e. The van der Waals surface area contributed by atoms with Crippen molar-refractivity contribution in [2.75, 3.05) is 13.1 Å². The van der Waals surface area contributed by atoms with Crippen LogP contribution in [0.4, 0.5) is 8.78 Å². The third-order valence-electron chi connectivity index (χ3n) is 5.09. The summed E-state index contributed by atoms with van der Waals surface area (Å²) < 4.78 is 27.6. The van der Waals surface area contributed by atoms with Crippen LogP contribution in [0.5, 0.6) is 0 Å². The molecule has 122 valence electrons.